The summed E-state index contributed by atoms with van der Waals surface area (Å²) in [7, 11) is 0. The molecule has 0 bridgehead atoms. The zero-order valence-corrected chi connectivity index (χ0v) is 13.4. The molecule has 1 aliphatic heterocycles. The first kappa shape index (κ1) is 16.3. The molecule has 0 spiro atoms. The highest BCUT2D eigenvalue weighted by Gasteiger charge is 2.62. The Hall–Kier alpha value is -1.06. The minimum atomic E-state index is -0.375. The number of carbonyl (C=O) groups excluding carboxylic acids is 1. The van der Waals surface area contributed by atoms with Gasteiger partial charge >= 0.3 is 5.97 Å². The zero-order valence-electron chi connectivity index (χ0n) is 12.6. The SMILES string of the molecule is CCOC(=O)[C@@]1(c2ccccc2)CC1CN1CCCC1.Cl. The van der Waals surface area contributed by atoms with Crippen molar-refractivity contribution in [1.82, 2.24) is 4.90 Å². The largest absolute Gasteiger partial charge is 0.465 e. The highest BCUT2D eigenvalue weighted by atomic mass is 35.5. The van der Waals surface area contributed by atoms with Gasteiger partial charge in [0.1, 0.15) is 0 Å². The van der Waals surface area contributed by atoms with Crippen LogP contribution < -0.4 is 0 Å². The van der Waals surface area contributed by atoms with Gasteiger partial charge in [0.25, 0.3) is 0 Å². The third-order valence-electron chi connectivity index (χ3n) is 4.71. The molecule has 116 valence electrons. The lowest BCUT2D eigenvalue weighted by atomic mass is 9.93. The fraction of sp³-hybridized carbons (Fsp3) is 0.588. The van der Waals surface area contributed by atoms with Crippen LogP contribution in [0.25, 0.3) is 0 Å². The van der Waals surface area contributed by atoms with Crippen LogP contribution in [0.3, 0.4) is 0 Å². The Kier molecular flexibility index (Phi) is 5.28. The van der Waals surface area contributed by atoms with Crippen molar-refractivity contribution in [2.45, 2.75) is 31.6 Å². The lowest BCUT2D eigenvalue weighted by Crippen LogP contribution is -2.30. The van der Waals surface area contributed by atoms with Gasteiger partial charge in [0, 0.05) is 6.54 Å². The number of rotatable bonds is 5. The number of hydrogen-bond acceptors (Lipinski definition) is 3. The fourth-order valence-electron chi connectivity index (χ4n) is 3.54. The van der Waals surface area contributed by atoms with Crippen molar-refractivity contribution in [3.05, 3.63) is 35.9 Å². The minimum absolute atomic E-state index is 0. The molecule has 1 heterocycles. The summed E-state index contributed by atoms with van der Waals surface area (Å²) in [4.78, 5) is 15.0. The van der Waals surface area contributed by atoms with Crippen LogP contribution in [-0.4, -0.2) is 37.1 Å². The molecular formula is C17H24ClNO2. The van der Waals surface area contributed by atoms with Gasteiger partial charge in [0.15, 0.2) is 0 Å². The molecule has 1 aromatic carbocycles. The molecule has 4 heteroatoms. The van der Waals surface area contributed by atoms with E-state index in [0.29, 0.717) is 12.5 Å². The number of benzene rings is 1. The summed E-state index contributed by atoms with van der Waals surface area (Å²) < 4.78 is 5.36. The predicted octanol–water partition coefficient (Wildman–Crippen LogP) is 3.03. The van der Waals surface area contributed by atoms with Crippen LogP contribution in [-0.2, 0) is 14.9 Å². The second-order valence-corrected chi connectivity index (χ2v) is 5.97. The van der Waals surface area contributed by atoms with E-state index in [4.69, 9.17) is 4.74 Å². The normalized spacial score (nSPS) is 28.0. The molecule has 3 rings (SSSR count). The second kappa shape index (κ2) is 6.80. The van der Waals surface area contributed by atoms with Gasteiger partial charge in [-0.3, -0.25) is 4.79 Å². The molecule has 1 saturated carbocycles. The van der Waals surface area contributed by atoms with Crippen molar-refractivity contribution in [3.63, 3.8) is 0 Å². The maximum Gasteiger partial charge on any atom is 0.316 e. The van der Waals surface area contributed by atoms with Gasteiger partial charge in [-0.1, -0.05) is 30.3 Å². The molecule has 0 aromatic heterocycles. The summed E-state index contributed by atoms with van der Waals surface area (Å²) in [5.41, 5.74) is 0.752. The number of halogens is 1. The quantitative estimate of drug-likeness (QED) is 0.783. The van der Waals surface area contributed by atoms with Gasteiger partial charge in [0.2, 0.25) is 0 Å². The number of likely N-dealkylation sites (tertiary alicyclic amines) is 1. The number of nitrogens with zero attached hydrogens (tertiary/aromatic N) is 1. The van der Waals surface area contributed by atoms with Crippen molar-refractivity contribution >= 4 is 18.4 Å². The lowest BCUT2D eigenvalue weighted by Gasteiger charge is -2.20. The monoisotopic (exact) mass is 309 g/mol. The van der Waals surface area contributed by atoms with Crippen molar-refractivity contribution in [3.8, 4) is 0 Å². The molecule has 0 radical (unpaired) electrons. The molecule has 2 atom stereocenters. The Morgan fingerprint density at radius 2 is 1.95 bits per heavy atom. The first-order chi connectivity index (χ1) is 9.77. The lowest BCUT2D eigenvalue weighted by molar-refractivity contribution is -0.146. The summed E-state index contributed by atoms with van der Waals surface area (Å²) in [6, 6.07) is 10.2. The molecule has 1 saturated heterocycles. The van der Waals surface area contributed by atoms with Crippen LogP contribution in [0.5, 0.6) is 0 Å². The summed E-state index contributed by atoms with van der Waals surface area (Å²) in [6.45, 7) is 5.75. The average molecular weight is 310 g/mol. The van der Waals surface area contributed by atoms with E-state index < -0.39 is 0 Å². The van der Waals surface area contributed by atoms with Gasteiger partial charge in [-0.05, 0) is 50.8 Å². The maximum atomic E-state index is 12.5. The molecule has 2 aliphatic rings. The highest BCUT2D eigenvalue weighted by molar-refractivity contribution is 5.87. The van der Waals surface area contributed by atoms with E-state index >= 15 is 0 Å². The van der Waals surface area contributed by atoms with E-state index in [1.54, 1.807) is 0 Å². The summed E-state index contributed by atoms with van der Waals surface area (Å²) in [5.74, 6) is 0.387. The van der Waals surface area contributed by atoms with Crippen LogP contribution in [0.1, 0.15) is 31.7 Å². The predicted molar refractivity (Wildman–Crippen MR) is 85.8 cm³/mol. The molecule has 1 aromatic rings. The zero-order chi connectivity index (χ0) is 14.0. The van der Waals surface area contributed by atoms with E-state index in [1.807, 2.05) is 25.1 Å². The third-order valence-corrected chi connectivity index (χ3v) is 4.71. The molecule has 21 heavy (non-hydrogen) atoms. The Balaban J connectivity index is 0.00000161. The summed E-state index contributed by atoms with van der Waals surface area (Å²) in [5, 5.41) is 0. The average Bonchev–Trinajstić information content (AvgIpc) is 2.95. The maximum absolute atomic E-state index is 12.5. The van der Waals surface area contributed by atoms with E-state index in [1.165, 1.54) is 25.9 Å². The number of carbonyl (C=O) groups is 1. The standard InChI is InChI=1S/C17H23NO2.ClH/c1-2-20-16(19)17(14-8-4-3-5-9-14)12-15(17)13-18-10-6-7-11-18;/h3-5,8-9,15H,2,6-7,10-13H2,1H3;1H/t15?,17-;/m1./s1. The van der Waals surface area contributed by atoms with E-state index in [9.17, 15) is 4.79 Å². The molecule has 0 N–H and O–H groups in total. The van der Waals surface area contributed by atoms with Gasteiger partial charge in [-0.15, -0.1) is 12.4 Å². The van der Waals surface area contributed by atoms with Crippen molar-refractivity contribution in [1.29, 1.82) is 0 Å². The van der Waals surface area contributed by atoms with Gasteiger partial charge < -0.3 is 9.64 Å². The Morgan fingerprint density at radius 3 is 2.57 bits per heavy atom. The fourth-order valence-corrected chi connectivity index (χ4v) is 3.54. The van der Waals surface area contributed by atoms with Crippen LogP contribution in [0.4, 0.5) is 0 Å². The minimum Gasteiger partial charge on any atom is -0.465 e. The Bertz CT molecular complexity index is 473. The van der Waals surface area contributed by atoms with E-state index in [2.05, 4.69) is 17.0 Å². The number of ether oxygens (including phenoxy) is 1. The van der Waals surface area contributed by atoms with Crippen LogP contribution in [0, 0.1) is 5.92 Å². The smallest absolute Gasteiger partial charge is 0.316 e. The number of esters is 1. The van der Waals surface area contributed by atoms with E-state index in [0.717, 1.165) is 18.5 Å². The third kappa shape index (κ3) is 3.09. The Labute approximate surface area is 133 Å². The first-order valence-corrected chi connectivity index (χ1v) is 7.72. The Morgan fingerprint density at radius 1 is 1.29 bits per heavy atom. The van der Waals surface area contributed by atoms with Crippen molar-refractivity contribution < 1.29 is 9.53 Å². The molecule has 0 amide bonds. The number of hydrogen-bond donors (Lipinski definition) is 0. The van der Waals surface area contributed by atoms with Crippen LogP contribution in [0.15, 0.2) is 30.3 Å². The van der Waals surface area contributed by atoms with Crippen molar-refractivity contribution in [2.75, 3.05) is 26.2 Å². The molecule has 1 unspecified atom stereocenters. The van der Waals surface area contributed by atoms with Gasteiger partial charge in [-0.25, -0.2) is 0 Å². The molecular weight excluding hydrogens is 286 g/mol. The second-order valence-electron chi connectivity index (χ2n) is 5.97. The molecule has 1 aliphatic carbocycles. The highest BCUT2D eigenvalue weighted by Crippen LogP contribution is 2.55. The van der Waals surface area contributed by atoms with E-state index in [-0.39, 0.29) is 23.8 Å². The van der Waals surface area contributed by atoms with Gasteiger partial charge in [-0.2, -0.15) is 0 Å². The van der Waals surface area contributed by atoms with Gasteiger partial charge in [0.05, 0.1) is 12.0 Å². The topological polar surface area (TPSA) is 29.5 Å². The summed E-state index contributed by atoms with van der Waals surface area (Å²) >= 11 is 0. The van der Waals surface area contributed by atoms with Crippen molar-refractivity contribution in [2.24, 2.45) is 5.92 Å². The summed E-state index contributed by atoms with van der Waals surface area (Å²) in [6.07, 6.45) is 3.53. The van der Waals surface area contributed by atoms with Crippen LogP contribution in [0.2, 0.25) is 0 Å². The van der Waals surface area contributed by atoms with Crippen LogP contribution >= 0.6 is 12.4 Å². The molecule has 3 nitrogen and oxygen atoms in total. The first-order valence-electron chi connectivity index (χ1n) is 7.72. The molecule has 2 fully saturated rings.